The van der Waals surface area contributed by atoms with Gasteiger partial charge in [0.05, 0.1) is 12.4 Å². The summed E-state index contributed by atoms with van der Waals surface area (Å²) in [5.41, 5.74) is 2.02. The Bertz CT molecular complexity index is 804. The number of amides is 1. The van der Waals surface area contributed by atoms with Crippen LogP contribution in [0.3, 0.4) is 0 Å². The fourth-order valence-corrected chi connectivity index (χ4v) is 3.52. The maximum Gasteiger partial charge on any atom is 0.235 e. The van der Waals surface area contributed by atoms with Crippen molar-refractivity contribution in [1.82, 2.24) is 5.32 Å². The van der Waals surface area contributed by atoms with E-state index in [1.807, 2.05) is 0 Å². The molecule has 0 aliphatic carbocycles. The van der Waals surface area contributed by atoms with Crippen molar-refractivity contribution in [2.24, 2.45) is 0 Å². The first kappa shape index (κ1) is 18.1. The van der Waals surface area contributed by atoms with E-state index in [-0.39, 0.29) is 24.7 Å². The first-order valence-corrected chi connectivity index (χ1v) is 9.14. The Hall–Kier alpha value is -2.25. The zero-order valence-corrected chi connectivity index (χ0v) is 13.7. The van der Waals surface area contributed by atoms with Gasteiger partial charge < -0.3 is 10.4 Å². The number of aliphatic hydroxyl groups excluding tert-OH is 1. The van der Waals surface area contributed by atoms with Crippen LogP contribution < -0.4 is 5.32 Å². The monoisotopic (exact) mass is 351 g/mol. The topological polar surface area (TPSA) is 83.5 Å². The van der Waals surface area contributed by atoms with Gasteiger partial charge in [0, 0.05) is 6.54 Å². The van der Waals surface area contributed by atoms with Gasteiger partial charge in [0.2, 0.25) is 5.91 Å². The summed E-state index contributed by atoms with van der Waals surface area (Å²) in [5.74, 6) is -1.87. The lowest BCUT2D eigenvalue weighted by Gasteiger charge is -2.07. The molecule has 0 saturated carbocycles. The minimum Gasteiger partial charge on any atom is -0.395 e. The minimum atomic E-state index is -3.60. The molecule has 0 atom stereocenters. The highest BCUT2D eigenvalue weighted by atomic mass is 32.2. The van der Waals surface area contributed by atoms with Crippen molar-refractivity contribution in [3.05, 3.63) is 59.9 Å². The van der Waals surface area contributed by atoms with Gasteiger partial charge in [0.15, 0.2) is 9.84 Å². The van der Waals surface area contributed by atoms with Crippen LogP contribution in [0, 0.1) is 5.82 Å². The number of sulfone groups is 1. The molecule has 0 fully saturated rings. The summed E-state index contributed by atoms with van der Waals surface area (Å²) >= 11 is 0. The van der Waals surface area contributed by atoms with Gasteiger partial charge in [0.1, 0.15) is 11.6 Å². The normalized spacial score (nSPS) is 11.2. The molecule has 2 aromatic carbocycles. The predicted molar refractivity (Wildman–Crippen MR) is 89.4 cm³/mol. The van der Waals surface area contributed by atoms with Crippen molar-refractivity contribution in [2.75, 3.05) is 18.9 Å². The number of benzene rings is 2. The van der Waals surface area contributed by atoms with E-state index < -0.39 is 21.5 Å². The van der Waals surface area contributed by atoms with Crippen LogP contribution in [-0.2, 0) is 20.4 Å². The number of rotatable bonds is 7. The average Bonchev–Trinajstić information content (AvgIpc) is 2.52. The van der Waals surface area contributed by atoms with Crippen molar-refractivity contribution >= 4 is 15.7 Å². The zero-order valence-electron chi connectivity index (χ0n) is 12.9. The van der Waals surface area contributed by atoms with Crippen molar-refractivity contribution in [2.45, 2.75) is 5.75 Å². The molecule has 0 spiro atoms. The molecule has 128 valence electrons. The van der Waals surface area contributed by atoms with Crippen LogP contribution in [0.15, 0.2) is 48.5 Å². The molecule has 0 unspecified atom stereocenters. The number of carbonyl (C=O) groups is 1. The van der Waals surface area contributed by atoms with E-state index in [0.29, 0.717) is 11.1 Å². The Morgan fingerprint density at radius 2 is 1.79 bits per heavy atom. The molecule has 0 saturated heterocycles. The molecule has 24 heavy (non-hydrogen) atoms. The summed E-state index contributed by atoms with van der Waals surface area (Å²) in [7, 11) is -3.60. The predicted octanol–water partition coefficient (Wildman–Crippen LogP) is 1.52. The summed E-state index contributed by atoms with van der Waals surface area (Å²) in [5, 5.41) is 10.9. The minimum absolute atomic E-state index is 0.0245. The molecule has 2 rings (SSSR count). The van der Waals surface area contributed by atoms with E-state index in [9.17, 15) is 17.6 Å². The third kappa shape index (κ3) is 5.43. The van der Waals surface area contributed by atoms with Crippen molar-refractivity contribution in [3.8, 4) is 11.1 Å². The van der Waals surface area contributed by atoms with Gasteiger partial charge in [-0.1, -0.05) is 36.4 Å². The van der Waals surface area contributed by atoms with Gasteiger partial charge in [0.25, 0.3) is 0 Å². The number of halogens is 1. The number of nitrogens with one attached hydrogen (secondary N) is 1. The van der Waals surface area contributed by atoms with Crippen LogP contribution >= 0.6 is 0 Å². The Balaban J connectivity index is 2.04. The maximum absolute atomic E-state index is 13.2. The largest absolute Gasteiger partial charge is 0.395 e. The van der Waals surface area contributed by atoms with Gasteiger partial charge in [-0.05, 0) is 28.8 Å². The number of hydrogen-bond acceptors (Lipinski definition) is 4. The van der Waals surface area contributed by atoms with Gasteiger partial charge in [-0.25, -0.2) is 12.8 Å². The highest BCUT2D eigenvalue weighted by Crippen LogP contribution is 2.21. The smallest absolute Gasteiger partial charge is 0.235 e. The van der Waals surface area contributed by atoms with Gasteiger partial charge in [-0.15, -0.1) is 0 Å². The van der Waals surface area contributed by atoms with Crippen LogP contribution in [0.1, 0.15) is 5.56 Å². The standard InChI is InChI=1S/C17H18FNO4S/c18-16-3-1-2-15(10-16)14-6-4-13(5-7-14)11-24(22,23)12-17(21)19-8-9-20/h1-7,10,20H,8-9,11-12H2,(H,19,21). The second kappa shape index (κ2) is 8.03. The molecule has 1 amide bonds. The van der Waals surface area contributed by atoms with Gasteiger partial charge in [-0.2, -0.15) is 0 Å². The molecule has 0 radical (unpaired) electrons. The fraction of sp³-hybridized carbons (Fsp3) is 0.235. The molecule has 0 bridgehead atoms. The first-order chi connectivity index (χ1) is 11.4. The van der Waals surface area contributed by atoms with Gasteiger partial charge in [-0.3, -0.25) is 4.79 Å². The van der Waals surface area contributed by atoms with Crippen LogP contribution in [0.2, 0.25) is 0 Å². The highest BCUT2D eigenvalue weighted by molar-refractivity contribution is 7.91. The summed E-state index contributed by atoms with van der Waals surface area (Å²) in [6.07, 6.45) is 0. The Labute approximate surface area is 140 Å². The van der Waals surface area contributed by atoms with Gasteiger partial charge >= 0.3 is 0 Å². The van der Waals surface area contributed by atoms with E-state index in [0.717, 1.165) is 5.56 Å². The van der Waals surface area contributed by atoms with Crippen LogP contribution in [0.4, 0.5) is 4.39 Å². The molecule has 7 heteroatoms. The van der Waals surface area contributed by atoms with Crippen LogP contribution in [0.5, 0.6) is 0 Å². The molecule has 2 aromatic rings. The second-order valence-corrected chi connectivity index (χ2v) is 7.38. The second-order valence-electron chi connectivity index (χ2n) is 5.31. The Morgan fingerprint density at radius 1 is 1.08 bits per heavy atom. The lowest BCUT2D eigenvalue weighted by Crippen LogP contribution is -2.32. The molecule has 0 aliphatic rings. The van der Waals surface area contributed by atoms with Crippen molar-refractivity contribution in [3.63, 3.8) is 0 Å². The molecule has 0 aromatic heterocycles. The molecule has 2 N–H and O–H groups in total. The Kier molecular flexibility index (Phi) is 6.05. The van der Waals surface area contributed by atoms with Crippen molar-refractivity contribution in [1.29, 1.82) is 0 Å². The van der Waals surface area contributed by atoms with Crippen molar-refractivity contribution < 1.29 is 22.7 Å². The third-order valence-electron chi connectivity index (χ3n) is 3.28. The number of hydrogen-bond donors (Lipinski definition) is 2. The summed E-state index contributed by atoms with van der Waals surface area (Å²) in [6, 6.07) is 12.8. The average molecular weight is 351 g/mol. The maximum atomic E-state index is 13.2. The van der Waals surface area contributed by atoms with E-state index >= 15 is 0 Å². The van der Waals surface area contributed by atoms with Crippen LogP contribution in [-0.4, -0.2) is 38.3 Å². The zero-order chi connectivity index (χ0) is 17.6. The van der Waals surface area contributed by atoms with E-state index in [4.69, 9.17) is 5.11 Å². The summed E-state index contributed by atoms with van der Waals surface area (Å²) in [6.45, 7) is -0.218. The lowest BCUT2D eigenvalue weighted by molar-refractivity contribution is -0.118. The van der Waals surface area contributed by atoms with E-state index in [2.05, 4.69) is 5.32 Å². The fourth-order valence-electron chi connectivity index (χ4n) is 2.21. The molecular weight excluding hydrogens is 333 g/mol. The van der Waals surface area contributed by atoms with E-state index in [1.165, 1.54) is 12.1 Å². The quantitative estimate of drug-likeness (QED) is 0.792. The number of carbonyl (C=O) groups excluding carboxylic acids is 1. The molecule has 5 nitrogen and oxygen atoms in total. The summed E-state index contributed by atoms with van der Waals surface area (Å²) in [4.78, 5) is 11.4. The van der Waals surface area contributed by atoms with Crippen LogP contribution in [0.25, 0.3) is 11.1 Å². The lowest BCUT2D eigenvalue weighted by atomic mass is 10.0. The van der Waals surface area contributed by atoms with E-state index in [1.54, 1.807) is 36.4 Å². The Morgan fingerprint density at radius 3 is 2.42 bits per heavy atom. The SMILES string of the molecule is O=C(CS(=O)(=O)Cc1ccc(-c2cccc(F)c2)cc1)NCCO. The molecule has 0 heterocycles. The molecule has 0 aliphatic heterocycles. The first-order valence-electron chi connectivity index (χ1n) is 7.32. The number of aliphatic hydroxyl groups is 1. The highest BCUT2D eigenvalue weighted by Gasteiger charge is 2.17. The summed E-state index contributed by atoms with van der Waals surface area (Å²) < 4.78 is 37.2. The third-order valence-corrected chi connectivity index (χ3v) is 4.76. The molecular formula is C17H18FNO4S.